The first kappa shape index (κ1) is 26.5. The molecular weight excluding hydrogens is 486 g/mol. The van der Waals surface area contributed by atoms with Crippen molar-refractivity contribution in [2.45, 2.75) is 56.9 Å². The molecule has 2 aromatic carbocycles. The molecule has 0 aliphatic heterocycles. The Labute approximate surface area is 218 Å². The fourth-order valence-electron chi connectivity index (χ4n) is 4.36. The molecule has 0 bridgehead atoms. The first-order valence-electron chi connectivity index (χ1n) is 12.6. The molecule has 9 heteroatoms. The highest BCUT2D eigenvalue weighted by Crippen LogP contribution is 2.27. The van der Waals surface area contributed by atoms with E-state index in [0.29, 0.717) is 18.5 Å². The molecule has 0 saturated heterocycles. The van der Waals surface area contributed by atoms with Crippen LogP contribution >= 0.6 is 0 Å². The van der Waals surface area contributed by atoms with E-state index in [0.717, 1.165) is 78.7 Å². The third-order valence-electron chi connectivity index (χ3n) is 6.30. The van der Waals surface area contributed by atoms with Gasteiger partial charge in [0.25, 0.3) is 0 Å². The summed E-state index contributed by atoms with van der Waals surface area (Å²) in [5.41, 5.74) is 5.04. The monoisotopic (exact) mass is 519 g/mol. The standard InChI is InChI=1S/C28H33N5O3S/c1-2-3-11-27-32-25-18-23(30-16-7-4-8-17-34)19-31-28(25)33(27)20-21-12-14-22(15-13-21)24-9-5-6-10-26(24)37(29,35)36/h5-6,9-10,12-15,17-19,30H,2-4,7-8,11,16,20H2,1H3,(H2,29,35,36). The average Bonchev–Trinajstić information content (AvgIpc) is 3.23. The first-order valence-corrected chi connectivity index (χ1v) is 14.2. The number of sulfonamides is 1. The molecule has 2 heterocycles. The Bertz CT molecular complexity index is 1460. The Balaban J connectivity index is 1.58. The predicted molar refractivity (Wildman–Crippen MR) is 147 cm³/mol. The minimum absolute atomic E-state index is 0.113. The van der Waals surface area contributed by atoms with Crippen LogP contribution in [0.15, 0.2) is 65.7 Å². The van der Waals surface area contributed by atoms with Crippen LogP contribution < -0.4 is 10.5 Å². The molecule has 0 aliphatic rings. The zero-order valence-electron chi connectivity index (χ0n) is 21.1. The molecule has 0 radical (unpaired) electrons. The number of primary sulfonamides is 1. The number of nitrogens with one attached hydrogen (secondary N) is 1. The summed E-state index contributed by atoms with van der Waals surface area (Å²) < 4.78 is 26.2. The Hall–Kier alpha value is -3.56. The Morgan fingerprint density at radius 3 is 2.57 bits per heavy atom. The lowest BCUT2D eigenvalue weighted by Gasteiger charge is -2.11. The second kappa shape index (κ2) is 12.1. The van der Waals surface area contributed by atoms with Crippen molar-refractivity contribution in [3.8, 4) is 11.1 Å². The number of hydrogen-bond acceptors (Lipinski definition) is 6. The second-order valence-electron chi connectivity index (χ2n) is 9.11. The number of nitrogens with two attached hydrogens (primary N) is 1. The van der Waals surface area contributed by atoms with E-state index >= 15 is 0 Å². The third-order valence-corrected chi connectivity index (χ3v) is 7.26. The van der Waals surface area contributed by atoms with Gasteiger partial charge in [0.15, 0.2) is 5.65 Å². The minimum atomic E-state index is -3.83. The quantitative estimate of drug-likeness (QED) is 0.191. The maximum atomic E-state index is 12.0. The van der Waals surface area contributed by atoms with Crippen molar-refractivity contribution < 1.29 is 13.2 Å². The minimum Gasteiger partial charge on any atom is -0.384 e. The van der Waals surface area contributed by atoms with Gasteiger partial charge in [0, 0.05) is 24.9 Å². The van der Waals surface area contributed by atoms with Crippen molar-refractivity contribution in [2.75, 3.05) is 11.9 Å². The molecule has 4 aromatic rings. The summed E-state index contributed by atoms with van der Waals surface area (Å²) in [5, 5.41) is 8.79. The molecule has 3 N–H and O–H groups in total. The molecule has 2 aromatic heterocycles. The van der Waals surface area contributed by atoms with Crippen LogP contribution in [0.5, 0.6) is 0 Å². The predicted octanol–water partition coefficient (Wildman–Crippen LogP) is 4.92. The summed E-state index contributed by atoms with van der Waals surface area (Å²) in [6.07, 6.45) is 8.13. The van der Waals surface area contributed by atoms with Gasteiger partial charge < -0.3 is 14.7 Å². The number of aromatic nitrogens is 3. The largest absolute Gasteiger partial charge is 0.384 e. The zero-order valence-corrected chi connectivity index (χ0v) is 21.9. The van der Waals surface area contributed by atoms with Crippen molar-refractivity contribution >= 4 is 33.2 Å². The molecule has 0 atom stereocenters. The van der Waals surface area contributed by atoms with Crippen LogP contribution in [0, 0.1) is 0 Å². The van der Waals surface area contributed by atoms with Gasteiger partial charge in [0.1, 0.15) is 17.6 Å². The van der Waals surface area contributed by atoms with Gasteiger partial charge in [-0.05, 0) is 42.5 Å². The van der Waals surface area contributed by atoms with Gasteiger partial charge in [-0.3, -0.25) is 0 Å². The summed E-state index contributed by atoms with van der Waals surface area (Å²) in [6, 6.07) is 16.6. The van der Waals surface area contributed by atoms with Gasteiger partial charge >= 0.3 is 0 Å². The number of carbonyl (C=O) groups excluding carboxylic acids is 1. The van der Waals surface area contributed by atoms with Crippen LogP contribution in [-0.4, -0.2) is 35.8 Å². The summed E-state index contributed by atoms with van der Waals surface area (Å²) in [6.45, 7) is 3.56. The number of pyridine rings is 1. The SMILES string of the molecule is CCCCc1nc2cc(NCCCCC=O)cnc2n1Cc1ccc(-c2ccccc2S(N)(=O)=O)cc1. The van der Waals surface area contributed by atoms with E-state index in [1.807, 2.05) is 36.5 Å². The number of carbonyl (C=O) groups is 1. The normalized spacial score (nSPS) is 11.6. The second-order valence-corrected chi connectivity index (χ2v) is 10.6. The smallest absolute Gasteiger partial charge is 0.238 e. The van der Waals surface area contributed by atoms with Crippen LogP contribution in [0.2, 0.25) is 0 Å². The maximum Gasteiger partial charge on any atom is 0.238 e. The van der Waals surface area contributed by atoms with Crippen molar-refractivity contribution in [1.29, 1.82) is 0 Å². The van der Waals surface area contributed by atoms with Gasteiger partial charge in [0.2, 0.25) is 10.0 Å². The number of rotatable bonds is 13. The lowest BCUT2D eigenvalue weighted by molar-refractivity contribution is -0.107. The zero-order chi connectivity index (χ0) is 26.3. The van der Waals surface area contributed by atoms with Gasteiger partial charge in [-0.25, -0.2) is 23.5 Å². The van der Waals surface area contributed by atoms with Crippen LogP contribution in [0.1, 0.15) is 50.4 Å². The number of nitrogens with zero attached hydrogens (tertiary/aromatic N) is 3. The van der Waals surface area contributed by atoms with E-state index in [1.54, 1.807) is 18.2 Å². The molecule has 37 heavy (non-hydrogen) atoms. The highest BCUT2D eigenvalue weighted by atomic mass is 32.2. The number of imidazole rings is 1. The molecule has 0 amide bonds. The molecule has 4 rings (SSSR count). The topological polar surface area (TPSA) is 120 Å². The van der Waals surface area contributed by atoms with Crippen molar-refractivity contribution in [3.05, 3.63) is 72.2 Å². The van der Waals surface area contributed by atoms with E-state index in [1.165, 1.54) is 6.07 Å². The summed E-state index contributed by atoms with van der Waals surface area (Å²) >= 11 is 0. The number of benzene rings is 2. The molecular formula is C28H33N5O3S. The van der Waals surface area contributed by atoms with Crippen LogP contribution in [0.3, 0.4) is 0 Å². The lowest BCUT2D eigenvalue weighted by atomic mass is 10.0. The number of fused-ring (bicyclic) bond motifs is 1. The fourth-order valence-corrected chi connectivity index (χ4v) is 5.12. The average molecular weight is 520 g/mol. The fraction of sp³-hybridized carbons (Fsp3) is 0.321. The molecule has 0 spiro atoms. The lowest BCUT2D eigenvalue weighted by Crippen LogP contribution is -2.13. The van der Waals surface area contributed by atoms with Crippen LogP contribution in [-0.2, 0) is 27.8 Å². The highest BCUT2D eigenvalue weighted by molar-refractivity contribution is 7.89. The Morgan fingerprint density at radius 1 is 1.05 bits per heavy atom. The Kier molecular flexibility index (Phi) is 8.68. The summed E-state index contributed by atoms with van der Waals surface area (Å²) in [5.74, 6) is 0.996. The molecule has 0 aliphatic carbocycles. The highest BCUT2D eigenvalue weighted by Gasteiger charge is 2.16. The van der Waals surface area contributed by atoms with Crippen molar-refractivity contribution in [1.82, 2.24) is 14.5 Å². The van der Waals surface area contributed by atoms with Gasteiger partial charge in [-0.1, -0.05) is 55.8 Å². The Morgan fingerprint density at radius 2 is 1.84 bits per heavy atom. The molecule has 0 unspecified atom stereocenters. The third kappa shape index (κ3) is 6.61. The van der Waals surface area contributed by atoms with E-state index in [-0.39, 0.29) is 4.90 Å². The van der Waals surface area contributed by atoms with E-state index in [2.05, 4.69) is 16.8 Å². The van der Waals surface area contributed by atoms with Crippen molar-refractivity contribution in [3.63, 3.8) is 0 Å². The molecule has 0 saturated carbocycles. The first-order chi connectivity index (χ1) is 17.9. The number of unbranched alkanes of at least 4 members (excludes halogenated alkanes) is 3. The number of aldehydes is 1. The van der Waals surface area contributed by atoms with E-state index in [9.17, 15) is 13.2 Å². The number of anilines is 1. The van der Waals surface area contributed by atoms with E-state index in [4.69, 9.17) is 15.1 Å². The van der Waals surface area contributed by atoms with Gasteiger partial charge in [0.05, 0.1) is 23.3 Å². The van der Waals surface area contributed by atoms with Crippen LogP contribution in [0.25, 0.3) is 22.3 Å². The summed E-state index contributed by atoms with van der Waals surface area (Å²) in [4.78, 5) is 20.2. The van der Waals surface area contributed by atoms with Crippen LogP contribution in [0.4, 0.5) is 5.69 Å². The van der Waals surface area contributed by atoms with Gasteiger partial charge in [-0.15, -0.1) is 0 Å². The number of aryl methyl sites for hydroxylation is 1. The molecule has 194 valence electrons. The molecule has 8 nitrogen and oxygen atoms in total. The molecule has 0 fully saturated rings. The maximum absolute atomic E-state index is 12.0. The summed E-state index contributed by atoms with van der Waals surface area (Å²) in [7, 11) is -3.83. The van der Waals surface area contributed by atoms with Crippen molar-refractivity contribution in [2.24, 2.45) is 5.14 Å². The van der Waals surface area contributed by atoms with E-state index < -0.39 is 10.0 Å². The number of hydrogen-bond donors (Lipinski definition) is 2. The van der Waals surface area contributed by atoms with Gasteiger partial charge in [-0.2, -0.15) is 0 Å².